The van der Waals surface area contributed by atoms with Gasteiger partial charge in [-0.2, -0.15) is 4.31 Å². The van der Waals surface area contributed by atoms with E-state index in [4.69, 9.17) is 9.47 Å². The number of carbonyl (C=O) groups is 1. The van der Waals surface area contributed by atoms with E-state index in [-0.39, 0.29) is 19.7 Å². The van der Waals surface area contributed by atoms with Crippen molar-refractivity contribution in [2.24, 2.45) is 0 Å². The molecule has 144 valence electrons. The molecule has 1 aromatic carbocycles. The number of esters is 1. The van der Waals surface area contributed by atoms with Gasteiger partial charge in [-0.1, -0.05) is 36.4 Å². The molecule has 26 heavy (non-hydrogen) atoms. The third-order valence-corrected chi connectivity index (χ3v) is 6.16. The molecule has 0 aromatic heterocycles. The molecular weight excluding hydrogens is 356 g/mol. The van der Waals surface area contributed by atoms with Crippen LogP contribution < -0.4 is 0 Å². The molecule has 8 heteroatoms. The van der Waals surface area contributed by atoms with Gasteiger partial charge in [0.25, 0.3) is 0 Å². The van der Waals surface area contributed by atoms with Crippen LogP contribution >= 0.6 is 0 Å². The normalized spacial score (nSPS) is 17.0. The lowest BCUT2D eigenvalue weighted by Gasteiger charge is -2.35. The first-order valence-electron chi connectivity index (χ1n) is 8.62. The second-order valence-corrected chi connectivity index (χ2v) is 7.91. The maximum Gasteiger partial charge on any atom is 0.321 e. The zero-order valence-corrected chi connectivity index (χ0v) is 15.9. The minimum atomic E-state index is -3.84. The van der Waals surface area contributed by atoms with Crippen molar-refractivity contribution in [3.63, 3.8) is 0 Å². The van der Waals surface area contributed by atoms with Crippen LogP contribution in [-0.4, -0.2) is 68.4 Å². The number of morpholine rings is 1. The van der Waals surface area contributed by atoms with Crippen LogP contribution in [0.5, 0.6) is 0 Å². The van der Waals surface area contributed by atoms with E-state index in [2.05, 4.69) is 6.58 Å². The van der Waals surface area contributed by atoms with E-state index in [0.29, 0.717) is 26.3 Å². The van der Waals surface area contributed by atoms with Crippen LogP contribution in [0.3, 0.4) is 0 Å². The second kappa shape index (κ2) is 9.82. The highest BCUT2D eigenvalue weighted by atomic mass is 32.2. The minimum Gasteiger partial charge on any atom is -0.465 e. The van der Waals surface area contributed by atoms with Gasteiger partial charge in [-0.15, -0.1) is 6.58 Å². The Hall–Kier alpha value is -1.74. The Morgan fingerprint density at radius 1 is 1.35 bits per heavy atom. The monoisotopic (exact) mass is 382 g/mol. The molecular formula is C18H26N2O5S. The highest BCUT2D eigenvalue weighted by molar-refractivity contribution is 7.89. The number of rotatable bonds is 9. The summed E-state index contributed by atoms with van der Waals surface area (Å²) < 4.78 is 38.0. The van der Waals surface area contributed by atoms with E-state index in [1.807, 2.05) is 30.3 Å². The fraction of sp³-hybridized carbons (Fsp3) is 0.500. The summed E-state index contributed by atoms with van der Waals surface area (Å²) in [6.07, 6.45) is 1.41. The molecule has 1 atom stereocenters. The molecule has 0 amide bonds. The Morgan fingerprint density at radius 3 is 2.58 bits per heavy atom. The summed E-state index contributed by atoms with van der Waals surface area (Å²) in [5.74, 6) is -0.572. The fourth-order valence-electron chi connectivity index (χ4n) is 2.82. The molecule has 1 aliphatic rings. The van der Waals surface area contributed by atoms with Crippen LogP contribution in [0.25, 0.3) is 0 Å². The Labute approximate surface area is 155 Å². The lowest BCUT2D eigenvalue weighted by atomic mass is 10.2. The third-order valence-electron chi connectivity index (χ3n) is 4.08. The van der Waals surface area contributed by atoms with Gasteiger partial charge in [-0.05, 0) is 12.5 Å². The SMILES string of the molecule is C=CC(N1CCOCC1)S(=O)(=O)N(CC(=O)OCC)Cc1ccccc1. The van der Waals surface area contributed by atoms with E-state index in [1.54, 1.807) is 11.8 Å². The molecule has 2 rings (SSSR count). The molecule has 1 aliphatic heterocycles. The van der Waals surface area contributed by atoms with Crippen LogP contribution in [0.1, 0.15) is 12.5 Å². The van der Waals surface area contributed by atoms with Crippen LogP contribution in [0.15, 0.2) is 43.0 Å². The lowest BCUT2D eigenvalue weighted by molar-refractivity contribution is -0.143. The molecule has 7 nitrogen and oxygen atoms in total. The summed E-state index contributed by atoms with van der Waals surface area (Å²) in [4.78, 5) is 13.8. The topological polar surface area (TPSA) is 76.2 Å². The predicted molar refractivity (Wildman–Crippen MR) is 98.8 cm³/mol. The molecule has 0 aliphatic carbocycles. The largest absolute Gasteiger partial charge is 0.465 e. The minimum absolute atomic E-state index is 0.0939. The Kier molecular flexibility index (Phi) is 7.77. The summed E-state index contributed by atoms with van der Waals surface area (Å²) in [6, 6.07) is 9.17. The van der Waals surface area contributed by atoms with Gasteiger partial charge < -0.3 is 9.47 Å². The van der Waals surface area contributed by atoms with E-state index in [0.717, 1.165) is 5.56 Å². The van der Waals surface area contributed by atoms with Crippen molar-refractivity contribution in [2.45, 2.75) is 18.8 Å². The van der Waals surface area contributed by atoms with Crippen molar-refractivity contribution in [1.82, 2.24) is 9.21 Å². The maximum absolute atomic E-state index is 13.3. The standard InChI is InChI=1S/C18H26N2O5S/c1-3-17(19-10-12-24-13-11-19)26(22,23)20(15-18(21)25-4-2)14-16-8-6-5-7-9-16/h3,5-9,17H,1,4,10-15H2,2H3. The highest BCUT2D eigenvalue weighted by Crippen LogP contribution is 2.19. The predicted octanol–water partition coefficient (Wildman–Crippen LogP) is 1.23. The molecule has 1 heterocycles. The fourth-order valence-corrected chi connectivity index (χ4v) is 4.57. The highest BCUT2D eigenvalue weighted by Gasteiger charge is 2.36. The van der Waals surface area contributed by atoms with E-state index in [9.17, 15) is 13.2 Å². The second-order valence-electron chi connectivity index (χ2n) is 5.88. The van der Waals surface area contributed by atoms with Gasteiger partial charge in [-0.25, -0.2) is 8.42 Å². The zero-order valence-electron chi connectivity index (χ0n) is 15.0. The third kappa shape index (κ3) is 5.38. The number of ether oxygens (including phenoxy) is 2. The Morgan fingerprint density at radius 2 is 2.00 bits per heavy atom. The summed E-state index contributed by atoms with van der Waals surface area (Å²) in [5, 5.41) is -0.912. The van der Waals surface area contributed by atoms with E-state index >= 15 is 0 Å². The maximum atomic E-state index is 13.3. The molecule has 1 unspecified atom stereocenters. The molecule has 0 spiro atoms. The number of hydrogen-bond donors (Lipinski definition) is 0. The van der Waals surface area contributed by atoms with Crippen LogP contribution in [0, 0.1) is 0 Å². The smallest absolute Gasteiger partial charge is 0.321 e. The van der Waals surface area contributed by atoms with Crippen molar-refractivity contribution in [3.8, 4) is 0 Å². The van der Waals surface area contributed by atoms with Gasteiger partial charge in [0, 0.05) is 19.6 Å². The van der Waals surface area contributed by atoms with Gasteiger partial charge >= 0.3 is 5.97 Å². The average Bonchev–Trinajstić information content (AvgIpc) is 2.63. The Balaban J connectivity index is 2.27. The van der Waals surface area contributed by atoms with Crippen LogP contribution in [-0.2, 0) is 30.8 Å². The number of sulfonamides is 1. The number of hydrogen-bond acceptors (Lipinski definition) is 6. The van der Waals surface area contributed by atoms with Gasteiger partial charge in [0.05, 0.1) is 19.8 Å². The quantitative estimate of drug-likeness (QED) is 0.472. The summed E-state index contributed by atoms with van der Waals surface area (Å²) >= 11 is 0. The zero-order chi connectivity index (χ0) is 19.0. The Bertz CT molecular complexity index is 687. The lowest BCUT2D eigenvalue weighted by Crippen LogP contribution is -2.51. The molecule has 1 saturated heterocycles. The van der Waals surface area contributed by atoms with Crippen molar-refractivity contribution in [3.05, 3.63) is 48.6 Å². The summed E-state index contributed by atoms with van der Waals surface area (Å²) in [6.45, 7) is 7.28. The van der Waals surface area contributed by atoms with Gasteiger partial charge in [0.15, 0.2) is 0 Å². The first-order valence-corrected chi connectivity index (χ1v) is 10.1. The average molecular weight is 382 g/mol. The first kappa shape index (κ1) is 20.6. The van der Waals surface area contributed by atoms with Crippen molar-refractivity contribution >= 4 is 16.0 Å². The van der Waals surface area contributed by atoms with E-state index < -0.39 is 21.4 Å². The first-order chi connectivity index (χ1) is 12.5. The summed E-state index contributed by atoms with van der Waals surface area (Å²) in [5.41, 5.74) is 0.796. The molecule has 0 N–H and O–H groups in total. The van der Waals surface area contributed by atoms with Gasteiger partial charge in [-0.3, -0.25) is 9.69 Å². The van der Waals surface area contributed by atoms with Crippen LogP contribution in [0.2, 0.25) is 0 Å². The van der Waals surface area contributed by atoms with E-state index in [1.165, 1.54) is 10.4 Å². The van der Waals surface area contributed by atoms with Crippen molar-refractivity contribution in [1.29, 1.82) is 0 Å². The molecule has 0 bridgehead atoms. The van der Waals surface area contributed by atoms with Gasteiger partial charge in [0.1, 0.15) is 11.9 Å². The van der Waals surface area contributed by atoms with Crippen molar-refractivity contribution in [2.75, 3.05) is 39.5 Å². The summed E-state index contributed by atoms with van der Waals surface area (Å²) in [7, 11) is -3.84. The number of nitrogens with zero attached hydrogens (tertiary/aromatic N) is 2. The van der Waals surface area contributed by atoms with Gasteiger partial charge in [0.2, 0.25) is 10.0 Å². The molecule has 1 fully saturated rings. The molecule has 1 aromatic rings. The van der Waals surface area contributed by atoms with Crippen LogP contribution in [0.4, 0.5) is 0 Å². The molecule has 0 saturated carbocycles. The van der Waals surface area contributed by atoms with Crippen molar-refractivity contribution < 1.29 is 22.7 Å². The molecule has 0 radical (unpaired) electrons. The number of benzene rings is 1. The number of carbonyl (C=O) groups excluding carboxylic acids is 1.